The van der Waals surface area contributed by atoms with Gasteiger partial charge in [-0.3, -0.25) is 0 Å². The number of hydrogen-bond donors (Lipinski definition) is 1. The first-order valence-corrected chi connectivity index (χ1v) is 5.35. The zero-order chi connectivity index (χ0) is 12.3. The molecule has 1 heterocycles. The molecule has 2 aromatic rings. The lowest BCUT2D eigenvalue weighted by Crippen LogP contribution is -1.97. The average molecular weight is 234 g/mol. The van der Waals surface area contributed by atoms with Gasteiger partial charge in [-0.15, -0.1) is 0 Å². The van der Waals surface area contributed by atoms with Crippen molar-refractivity contribution in [3.63, 3.8) is 0 Å². The van der Waals surface area contributed by atoms with Crippen molar-refractivity contribution in [3.05, 3.63) is 41.5 Å². The van der Waals surface area contributed by atoms with Crippen molar-refractivity contribution >= 4 is 0 Å². The van der Waals surface area contributed by atoms with Gasteiger partial charge in [-0.2, -0.15) is 4.98 Å². The van der Waals surface area contributed by atoms with Gasteiger partial charge in [0.2, 0.25) is 0 Å². The topological polar surface area (TPSA) is 68.4 Å². The van der Waals surface area contributed by atoms with Gasteiger partial charge in [-0.25, -0.2) is 0 Å². The second kappa shape index (κ2) is 4.97. The molecule has 17 heavy (non-hydrogen) atoms. The van der Waals surface area contributed by atoms with Crippen LogP contribution in [0.4, 0.5) is 0 Å². The van der Waals surface area contributed by atoms with Gasteiger partial charge < -0.3 is 14.4 Å². The summed E-state index contributed by atoms with van der Waals surface area (Å²) >= 11 is 0. The number of nitrogens with zero attached hydrogens (tertiary/aromatic N) is 2. The third-order valence-corrected chi connectivity index (χ3v) is 2.27. The monoisotopic (exact) mass is 234 g/mol. The van der Waals surface area contributed by atoms with Crippen LogP contribution in [-0.2, 0) is 6.61 Å². The van der Waals surface area contributed by atoms with Crippen LogP contribution in [0.15, 0.2) is 28.8 Å². The van der Waals surface area contributed by atoms with Crippen LogP contribution < -0.4 is 4.74 Å². The lowest BCUT2D eigenvalue weighted by atomic mass is 10.1. The molecule has 0 aliphatic heterocycles. The summed E-state index contributed by atoms with van der Waals surface area (Å²) in [4.78, 5) is 4.03. The molecule has 5 heteroatoms. The summed E-state index contributed by atoms with van der Waals surface area (Å²) in [6.07, 6.45) is -0.510. The van der Waals surface area contributed by atoms with Crippen molar-refractivity contribution in [1.82, 2.24) is 10.1 Å². The van der Waals surface area contributed by atoms with Gasteiger partial charge in [0.1, 0.15) is 5.75 Å². The summed E-state index contributed by atoms with van der Waals surface area (Å²) in [5, 5.41) is 13.1. The normalized spacial score (nSPS) is 12.4. The average Bonchev–Trinajstić information content (AvgIpc) is 2.73. The van der Waals surface area contributed by atoms with E-state index in [1.165, 1.54) is 0 Å². The number of aromatic nitrogens is 2. The third-order valence-electron chi connectivity index (χ3n) is 2.27. The van der Waals surface area contributed by atoms with E-state index in [1.807, 2.05) is 18.2 Å². The molecule has 90 valence electrons. The Balaban J connectivity index is 2.01. The third kappa shape index (κ3) is 3.04. The predicted molar refractivity (Wildman–Crippen MR) is 60.4 cm³/mol. The summed E-state index contributed by atoms with van der Waals surface area (Å²) in [7, 11) is 0. The number of rotatable bonds is 4. The van der Waals surface area contributed by atoms with Crippen LogP contribution in [-0.4, -0.2) is 15.2 Å². The smallest absolute Gasteiger partial charge is 0.264 e. The maximum absolute atomic E-state index is 9.44. The molecule has 0 saturated carbocycles. The quantitative estimate of drug-likeness (QED) is 0.876. The zero-order valence-corrected chi connectivity index (χ0v) is 9.75. The Kier molecular flexibility index (Phi) is 3.39. The van der Waals surface area contributed by atoms with Gasteiger partial charge in [0.15, 0.2) is 12.4 Å². The number of aliphatic hydroxyl groups excluding tert-OH is 1. The Hall–Kier alpha value is -1.88. The highest BCUT2D eigenvalue weighted by molar-refractivity contribution is 5.29. The molecule has 0 aliphatic rings. The number of aryl methyl sites for hydroxylation is 1. The molecule has 0 radical (unpaired) electrons. The Labute approximate surface area is 99.0 Å². The van der Waals surface area contributed by atoms with E-state index in [4.69, 9.17) is 9.26 Å². The fourth-order valence-corrected chi connectivity index (χ4v) is 1.41. The molecular formula is C12H14N2O3. The van der Waals surface area contributed by atoms with Crippen LogP contribution in [0.2, 0.25) is 0 Å². The van der Waals surface area contributed by atoms with E-state index in [1.54, 1.807) is 19.9 Å². The zero-order valence-electron chi connectivity index (χ0n) is 9.75. The van der Waals surface area contributed by atoms with Crippen molar-refractivity contribution in [3.8, 4) is 5.75 Å². The van der Waals surface area contributed by atoms with E-state index < -0.39 is 6.10 Å². The van der Waals surface area contributed by atoms with Crippen LogP contribution in [0.3, 0.4) is 0 Å². The molecule has 2 rings (SSSR count). The van der Waals surface area contributed by atoms with Gasteiger partial charge in [0, 0.05) is 0 Å². The Morgan fingerprint density at radius 3 is 2.94 bits per heavy atom. The lowest BCUT2D eigenvalue weighted by Gasteiger charge is -2.07. The highest BCUT2D eigenvalue weighted by Gasteiger charge is 2.05. The standard InChI is InChI=1S/C12H14N2O3/c1-8(15)10-4-3-5-11(6-10)16-7-12-13-9(2)14-17-12/h3-6,8,15H,7H2,1-2H3. The minimum absolute atomic E-state index is 0.226. The molecule has 0 spiro atoms. The van der Waals surface area contributed by atoms with Crippen LogP contribution >= 0.6 is 0 Å². The molecule has 1 aromatic carbocycles. The summed E-state index contributed by atoms with van der Waals surface area (Å²) in [5.74, 6) is 1.69. The van der Waals surface area contributed by atoms with Crippen LogP contribution in [0, 0.1) is 6.92 Å². The minimum atomic E-state index is -0.510. The fraction of sp³-hybridized carbons (Fsp3) is 0.333. The molecule has 1 N–H and O–H groups in total. The summed E-state index contributed by atoms with van der Waals surface area (Å²) < 4.78 is 10.4. The molecule has 0 aliphatic carbocycles. The first-order chi connectivity index (χ1) is 8.15. The Bertz CT molecular complexity index is 494. The Morgan fingerprint density at radius 2 is 2.29 bits per heavy atom. The molecule has 1 atom stereocenters. The largest absolute Gasteiger partial charge is 0.484 e. The van der Waals surface area contributed by atoms with E-state index in [2.05, 4.69) is 10.1 Å². The van der Waals surface area contributed by atoms with E-state index >= 15 is 0 Å². The van der Waals surface area contributed by atoms with E-state index in [0.717, 1.165) is 5.56 Å². The van der Waals surface area contributed by atoms with Gasteiger partial charge in [0.05, 0.1) is 6.10 Å². The first kappa shape index (κ1) is 11.6. The number of ether oxygens (including phenoxy) is 1. The first-order valence-electron chi connectivity index (χ1n) is 5.35. The van der Waals surface area contributed by atoms with E-state index in [9.17, 15) is 5.11 Å². The fourth-order valence-electron chi connectivity index (χ4n) is 1.41. The molecule has 0 fully saturated rings. The van der Waals surface area contributed by atoms with Gasteiger partial charge in [-0.05, 0) is 31.5 Å². The summed E-state index contributed by atoms with van der Waals surface area (Å²) in [6, 6.07) is 7.27. The Morgan fingerprint density at radius 1 is 1.47 bits per heavy atom. The number of aliphatic hydroxyl groups is 1. The maximum Gasteiger partial charge on any atom is 0.264 e. The molecule has 0 bridgehead atoms. The van der Waals surface area contributed by atoms with Crippen LogP contribution in [0.25, 0.3) is 0 Å². The molecule has 0 amide bonds. The highest BCUT2D eigenvalue weighted by atomic mass is 16.5. The van der Waals surface area contributed by atoms with Crippen molar-refractivity contribution in [2.75, 3.05) is 0 Å². The van der Waals surface area contributed by atoms with Crippen LogP contribution in [0.5, 0.6) is 5.75 Å². The second-order valence-corrected chi connectivity index (χ2v) is 3.77. The minimum Gasteiger partial charge on any atom is -0.484 e. The summed E-state index contributed by atoms with van der Waals surface area (Å²) in [5.41, 5.74) is 0.809. The van der Waals surface area contributed by atoms with Gasteiger partial charge >= 0.3 is 0 Å². The molecular weight excluding hydrogens is 220 g/mol. The van der Waals surface area contributed by atoms with Gasteiger partial charge in [-0.1, -0.05) is 17.3 Å². The van der Waals surface area contributed by atoms with Crippen molar-refractivity contribution in [2.24, 2.45) is 0 Å². The molecule has 5 nitrogen and oxygen atoms in total. The maximum atomic E-state index is 9.44. The highest BCUT2D eigenvalue weighted by Crippen LogP contribution is 2.19. The molecule has 1 unspecified atom stereocenters. The summed E-state index contributed by atoms with van der Waals surface area (Å²) in [6.45, 7) is 3.69. The van der Waals surface area contributed by atoms with Crippen molar-refractivity contribution in [2.45, 2.75) is 26.6 Å². The SMILES string of the molecule is Cc1noc(COc2cccc(C(C)O)c2)n1. The second-order valence-electron chi connectivity index (χ2n) is 3.77. The van der Waals surface area contributed by atoms with E-state index in [-0.39, 0.29) is 6.61 Å². The lowest BCUT2D eigenvalue weighted by molar-refractivity contribution is 0.197. The predicted octanol–water partition coefficient (Wildman–Crippen LogP) is 2.01. The van der Waals surface area contributed by atoms with Crippen molar-refractivity contribution < 1.29 is 14.4 Å². The van der Waals surface area contributed by atoms with Crippen molar-refractivity contribution in [1.29, 1.82) is 0 Å². The van der Waals surface area contributed by atoms with Gasteiger partial charge in [0.25, 0.3) is 5.89 Å². The molecule has 1 aromatic heterocycles. The number of benzene rings is 1. The van der Waals surface area contributed by atoms with E-state index in [0.29, 0.717) is 17.5 Å². The molecule has 0 saturated heterocycles. The van der Waals surface area contributed by atoms with Crippen LogP contribution in [0.1, 0.15) is 30.3 Å². The number of hydrogen-bond acceptors (Lipinski definition) is 5.